The van der Waals surface area contributed by atoms with E-state index in [1.807, 2.05) is 19.9 Å². The van der Waals surface area contributed by atoms with Crippen LogP contribution in [0.25, 0.3) is 0 Å². The highest BCUT2D eigenvalue weighted by atomic mass is 16.7. The van der Waals surface area contributed by atoms with E-state index in [1.54, 1.807) is 6.26 Å². The second-order valence-corrected chi connectivity index (χ2v) is 3.30. The van der Waals surface area contributed by atoms with Crippen LogP contribution in [0.15, 0.2) is 12.3 Å². The van der Waals surface area contributed by atoms with Gasteiger partial charge in [-0.1, -0.05) is 0 Å². The van der Waals surface area contributed by atoms with E-state index in [2.05, 4.69) is 0 Å². The fourth-order valence-electron chi connectivity index (χ4n) is 1.32. The zero-order valence-corrected chi connectivity index (χ0v) is 6.74. The monoisotopic (exact) mass is 156 g/mol. The maximum absolute atomic E-state index is 5.56. The summed E-state index contributed by atoms with van der Waals surface area (Å²) < 4.78 is 16.2. The van der Waals surface area contributed by atoms with Gasteiger partial charge in [-0.25, -0.2) is 0 Å². The first-order valence-corrected chi connectivity index (χ1v) is 3.81. The largest absolute Gasteiger partial charge is 0.493 e. The average molecular weight is 156 g/mol. The van der Waals surface area contributed by atoms with Crippen molar-refractivity contribution in [3.63, 3.8) is 0 Å². The van der Waals surface area contributed by atoms with Crippen LogP contribution in [-0.4, -0.2) is 24.6 Å². The molecule has 2 aliphatic rings. The van der Waals surface area contributed by atoms with E-state index >= 15 is 0 Å². The Bertz CT molecular complexity index is 186. The van der Waals surface area contributed by atoms with Gasteiger partial charge in [-0.05, 0) is 19.9 Å². The maximum Gasteiger partial charge on any atom is 0.163 e. The van der Waals surface area contributed by atoms with Crippen LogP contribution in [0.5, 0.6) is 0 Å². The van der Waals surface area contributed by atoms with E-state index < -0.39 is 5.79 Å². The van der Waals surface area contributed by atoms with Gasteiger partial charge in [0.25, 0.3) is 0 Å². The Balaban J connectivity index is 2.06. The number of rotatable bonds is 0. The highest BCUT2D eigenvalue weighted by molar-refractivity contribution is 4.99. The van der Waals surface area contributed by atoms with Crippen molar-refractivity contribution in [3.05, 3.63) is 12.3 Å². The van der Waals surface area contributed by atoms with Gasteiger partial charge in [0.05, 0.1) is 12.9 Å². The summed E-state index contributed by atoms with van der Waals surface area (Å²) in [7, 11) is 0. The van der Waals surface area contributed by atoms with Crippen molar-refractivity contribution >= 4 is 0 Å². The molecule has 0 radical (unpaired) electrons. The summed E-state index contributed by atoms with van der Waals surface area (Å²) in [5.74, 6) is -0.459. The lowest BCUT2D eigenvalue weighted by atomic mass is 10.2. The first kappa shape index (κ1) is 7.13. The molecule has 0 spiro atoms. The predicted molar refractivity (Wildman–Crippen MR) is 38.9 cm³/mol. The van der Waals surface area contributed by atoms with Gasteiger partial charge in [-0.3, -0.25) is 0 Å². The minimum Gasteiger partial charge on any atom is -0.493 e. The Morgan fingerprint density at radius 1 is 1.45 bits per heavy atom. The van der Waals surface area contributed by atoms with Crippen LogP contribution >= 0.6 is 0 Å². The van der Waals surface area contributed by atoms with Crippen LogP contribution in [0, 0.1) is 0 Å². The molecular weight excluding hydrogens is 144 g/mol. The topological polar surface area (TPSA) is 27.7 Å². The van der Waals surface area contributed by atoms with Crippen LogP contribution < -0.4 is 0 Å². The molecule has 62 valence electrons. The molecule has 11 heavy (non-hydrogen) atoms. The number of ether oxygens (including phenoxy) is 3. The molecular formula is C8H12O3. The van der Waals surface area contributed by atoms with Crippen molar-refractivity contribution in [1.82, 2.24) is 0 Å². The molecule has 0 unspecified atom stereocenters. The van der Waals surface area contributed by atoms with Gasteiger partial charge in [-0.15, -0.1) is 0 Å². The van der Waals surface area contributed by atoms with Crippen molar-refractivity contribution in [2.45, 2.75) is 31.8 Å². The van der Waals surface area contributed by atoms with Crippen molar-refractivity contribution < 1.29 is 14.2 Å². The van der Waals surface area contributed by atoms with E-state index in [-0.39, 0.29) is 12.2 Å². The first-order valence-electron chi connectivity index (χ1n) is 3.81. The molecule has 2 atom stereocenters. The zero-order chi connectivity index (χ0) is 7.90. The number of hydrogen-bond donors (Lipinski definition) is 0. The normalized spacial score (nSPS) is 39.8. The van der Waals surface area contributed by atoms with Crippen LogP contribution in [0.3, 0.4) is 0 Å². The van der Waals surface area contributed by atoms with Gasteiger partial charge < -0.3 is 14.2 Å². The van der Waals surface area contributed by atoms with Crippen molar-refractivity contribution in [3.8, 4) is 0 Å². The molecule has 0 amide bonds. The average Bonchev–Trinajstić information content (AvgIpc) is 2.31. The molecule has 0 aromatic heterocycles. The van der Waals surface area contributed by atoms with Gasteiger partial charge in [0.15, 0.2) is 11.9 Å². The SMILES string of the molecule is CC1(C)OC[C@H]2OC=C[C@@H]2O1. The van der Waals surface area contributed by atoms with Crippen LogP contribution in [0.2, 0.25) is 0 Å². The van der Waals surface area contributed by atoms with E-state index in [0.29, 0.717) is 6.61 Å². The molecule has 3 nitrogen and oxygen atoms in total. The second kappa shape index (κ2) is 2.22. The third-order valence-corrected chi connectivity index (χ3v) is 1.90. The minimum atomic E-state index is -0.459. The number of fused-ring (bicyclic) bond motifs is 1. The van der Waals surface area contributed by atoms with Crippen molar-refractivity contribution in [1.29, 1.82) is 0 Å². The molecule has 3 heteroatoms. The lowest BCUT2D eigenvalue weighted by Crippen LogP contribution is -2.46. The molecule has 2 rings (SSSR count). The quantitative estimate of drug-likeness (QED) is 0.524. The molecule has 2 aliphatic heterocycles. The lowest BCUT2D eigenvalue weighted by Gasteiger charge is -2.36. The Kier molecular flexibility index (Phi) is 1.44. The molecule has 1 fully saturated rings. The molecule has 0 saturated carbocycles. The summed E-state index contributed by atoms with van der Waals surface area (Å²) >= 11 is 0. The van der Waals surface area contributed by atoms with Crippen LogP contribution in [0.1, 0.15) is 13.8 Å². The van der Waals surface area contributed by atoms with Crippen LogP contribution in [-0.2, 0) is 14.2 Å². The van der Waals surface area contributed by atoms with Gasteiger partial charge >= 0.3 is 0 Å². The summed E-state index contributed by atoms with van der Waals surface area (Å²) in [5.41, 5.74) is 0. The van der Waals surface area contributed by atoms with Crippen molar-refractivity contribution in [2.24, 2.45) is 0 Å². The second-order valence-electron chi connectivity index (χ2n) is 3.30. The molecule has 0 aliphatic carbocycles. The fourth-order valence-corrected chi connectivity index (χ4v) is 1.32. The Morgan fingerprint density at radius 3 is 3.09 bits per heavy atom. The van der Waals surface area contributed by atoms with Gasteiger partial charge in [0, 0.05) is 0 Å². The Hall–Kier alpha value is -0.540. The lowest BCUT2D eigenvalue weighted by molar-refractivity contribution is -0.287. The van der Waals surface area contributed by atoms with E-state index in [4.69, 9.17) is 14.2 Å². The molecule has 0 aromatic rings. The highest BCUT2D eigenvalue weighted by Gasteiger charge is 2.38. The zero-order valence-electron chi connectivity index (χ0n) is 6.74. The Morgan fingerprint density at radius 2 is 2.27 bits per heavy atom. The molecule has 0 aromatic carbocycles. The molecule has 0 bridgehead atoms. The Labute approximate surface area is 65.9 Å². The van der Waals surface area contributed by atoms with Crippen LogP contribution in [0.4, 0.5) is 0 Å². The summed E-state index contributed by atoms with van der Waals surface area (Å²) in [6.07, 6.45) is 3.76. The standard InChI is InChI=1S/C8H12O3/c1-8(2)10-5-7-6(11-8)3-4-9-7/h3-4,6-7H,5H2,1-2H3/t6-,7+/m0/s1. The molecule has 2 heterocycles. The summed E-state index contributed by atoms with van der Waals surface area (Å²) in [6, 6.07) is 0. The third kappa shape index (κ3) is 1.26. The predicted octanol–water partition coefficient (Wildman–Crippen LogP) is 1.05. The highest BCUT2D eigenvalue weighted by Crippen LogP contribution is 2.27. The maximum atomic E-state index is 5.56. The van der Waals surface area contributed by atoms with Gasteiger partial charge in [-0.2, -0.15) is 0 Å². The summed E-state index contributed by atoms with van der Waals surface area (Å²) in [6.45, 7) is 4.44. The smallest absolute Gasteiger partial charge is 0.163 e. The summed E-state index contributed by atoms with van der Waals surface area (Å²) in [4.78, 5) is 0. The van der Waals surface area contributed by atoms with Gasteiger partial charge in [0.2, 0.25) is 0 Å². The number of hydrogen-bond acceptors (Lipinski definition) is 3. The van der Waals surface area contributed by atoms with E-state index in [0.717, 1.165) is 0 Å². The summed E-state index contributed by atoms with van der Waals surface area (Å²) in [5, 5.41) is 0. The molecule has 0 N–H and O–H groups in total. The first-order chi connectivity index (χ1) is 5.17. The van der Waals surface area contributed by atoms with Gasteiger partial charge in [0.1, 0.15) is 6.10 Å². The van der Waals surface area contributed by atoms with E-state index in [1.165, 1.54) is 0 Å². The molecule has 1 saturated heterocycles. The minimum absolute atomic E-state index is 0.0722. The fraction of sp³-hybridized carbons (Fsp3) is 0.750. The third-order valence-electron chi connectivity index (χ3n) is 1.90. The van der Waals surface area contributed by atoms with E-state index in [9.17, 15) is 0 Å². The van der Waals surface area contributed by atoms with Crippen molar-refractivity contribution in [2.75, 3.05) is 6.61 Å².